The zero-order chi connectivity index (χ0) is 17.2. The maximum Gasteiger partial charge on any atom is 0.419 e. The molecule has 1 saturated carbocycles. The second-order valence-electron chi connectivity index (χ2n) is 5.69. The van der Waals surface area contributed by atoms with E-state index in [-0.39, 0.29) is 17.5 Å². The first-order valence-electron chi connectivity index (χ1n) is 7.44. The van der Waals surface area contributed by atoms with E-state index in [1.165, 1.54) is 0 Å². The highest BCUT2D eigenvalue weighted by molar-refractivity contribution is 7.89. The lowest BCUT2D eigenvalue weighted by Gasteiger charge is -2.21. The molecule has 8 heteroatoms. The monoisotopic (exact) mass is 355 g/mol. The van der Waals surface area contributed by atoms with Crippen molar-refractivity contribution in [2.75, 3.05) is 5.75 Å². The van der Waals surface area contributed by atoms with Crippen LogP contribution in [0.1, 0.15) is 49.8 Å². The molecule has 0 heterocycles. The molecular weight excluding hydrogens is 337 g/mol. The molecule has 2 nitrogen and oxygen atoms in total. The van der Waals surface area contributed by atoms with Gasteiger partial charge in [0.15, 0.2) is 0 Å². The number of nitrogens with one attached hydrogen (secondary N) is 1. The van der Waals surface area contributed by atoms with Crippen molar-refractivity contribution < 1.29 is 26.5 Å². The van der Waals surface area contributed by atoms with Gasteiger partial charge in [0.1, 0.15) is 17.4 Å². The van der Waals surface area contributed by atoms with Gasteiger partial charge in [-0.15, -0.1) is 4.72 Å². The van der Waals surface area contributed by atoms with Crippen molar-refractivity contribution in [2.24, 2.45) is 5.92 Å². The van der Waals surface area contributed by atoms with E-state index in [4.69, 9.17) is 0 Å². The molecule has 1 aromatic rings. The number of alkyl halides is 3. The van der Waals surface area contributed by atoms with Crippen LogP contribution in [0.2, 0.25) is 0 Å². The Morgan fingerprint density at radius 3 is 2.43 bits per heavy atom. The van der Waals surface area contributed by atoms with Gasteiger partial charge in [-0.25, -0.2) is 8.78 Å². The van der Waals surface area contributed by atoms with Gasteiger partial charge in [0.2, 0.25) is 0 Å². The minimum atomic E-state index is -4.95. The summed E-state index contributed by atoms with van der Waals surface area (Å²) in [6.07, 6.45) is -1.92. The lowest BCUT2D eigenvalue weighted by atomic mass is 10.0. The van der Waals surface area contributed by atoms with Gasteiger partial charge in [-0.05, 0) is 37.3 Å². The molecule has 0 amide bonds. The molecule has 0 spiro atoms. The van der Waals surface area contributed by atoms with Gasteiger partial charge >= 0.3 is 6.18 Å². The van der Waals surface area contributed by atoms with Crippen molar-refractivity contribution in [1.29, 1.82) is 0 Å². The van der Waals surface area contributed by atoms with Gasteiger partial charge in [0.05, 0.1) is 11.6 Å². The average molecular weight is 355 g/mol. The standard InChI is InChI=1S/C15H18F5NOS/c1-2-3-6-23(22)21-14(9-4-5-9)10-7-13(17)11(8-12(10)16)15(18,19)20/h7-9,14,21H,2-6H2,1H3. The highest BCUT2D eigenvalue weighted by Gasteiger charge is 2.40. The van der Waals surface area contributed by atoms with Crippen LogP contribution in [-0.4, -0.2) is 10.3 Å². The Balaban J connectivity index is 2.24. The number of hydrogen-bond acceptors (Lipinski definition) is 2. The zero-order valence-electron chi connectivity index (χ0n) is 12.6. The lowest BCUT2D eigenvalue weighted by molar-refractivity contribution is -0.140. The van der Waals surface area contributed by atoms with E-state index < -0.39 is 40.8 Å². The molecule has 1 fully saturated rings. The van der Waals surface area contributed by atoms with Gasteiger partial charge in [-0.2, -0.15) is 13.2 Å². The molecule has 1 N–H and O–H groups in total. The molecule has 0 aliphatic heterocycles. The Hall–Kier alpha value is -0.860. The molecule has 130 valence electrons. The Morgan fingerprint density at radius 2 is 1.91 bits per heavy atom. The van der Waals surface area contributed by atoms with Gasteiger partial charge in [0.25, 0.3) is 0 Å². The Morgan fingerprint density at radius 1 is 1.26 bits per heavy atom. The van der Waals surface area contributed by atoms with Crippen LogP contribution < -0.4 is 4.72 Å². The molecule has 2 unspecified atom stereocenters. The average Bonchev–Trinajstić information content (AvgIpc) is 3.28. The second-order valence-corrected chi connectivity index (χ2v) is 7.02. The van der Waals surface area contributed by atoms with Crippen LogP contribution in [-0.2, 0) is 17.5 Å². The molecule has 1 aliphatic carbocycles. The van der Waals surface area contributed by atoms with Gasteiger partial charge in [-0.1, -0.05) is 13.3 Å². The Kier molecular flexibility index (Phi) is 5.91. The number of unbranched alkanes of at least 4 members (excludes halogenated alkanes) is 1. The maximum absolute atomic E-state index is 14.1. The fraction of sp³-hybridized carbons (Fsp3) is 0.600. The summed E-state index contributed by atoms with van der Waals surface area (Å²) in [6.45, 7) is 1.93. The molecule has 0 radical (unpaired) electrons. The van der Waals surface area contributed by atoms with E-state index in [1.54, 1.807) is 0 Å². The van der Waals surface area contributed by atoms with Crippen LogP contribution in [0.4, 0.5) is 22.0 Å². The summed E-state index contributed by atoms with van der Waals surface area (Å²) in [5.74, 6) is -2.31. The number of hydrogen-bond donors (Lipinski definition) is 1. The molecule has 0 saturated heterocycles. The van der Waals surface area contributed by atoms with Crippen LogP contribution in [0.5, 0.6) is 0 Å². The number of benzene rings is 1. The van der Waals surface area contributed by atoms with Crippen molar-refractivity contribution in [2.45, 2.75) is 44.8 Å². The van der Waals surface area contributed by atoms with Crippen molar-refractivity contribution in [3.8, 4) is 0 Å². The molecule has 0 aromatic heterocycles. The first-order chi connectivity index (χ1) is 10.7. The highest BCUT2D eigenvalue weighted by Crippen LogP contribution is 2.43. The van der Waals surface area contributed by atoms with Crippen molar-refractivity contribution in [1.82, 2.24) is 4.72 Å². The normalized spacial score (nSPS) is 18.0. The van der Waals surface area contributed by atoms with Gasteiger partial charge in [0, 0.05) is 16.9 Å². The van der Waals surface area contributed by atoms with Gasteiger partial charge in [-0.3, -0.25) is 0 Å². The fourth-order valence-electron chi connectivity index (χ4n) is 2.34. The molecule has 23 heavy (non-hydrogen) atoms. The predicted octanol–water partition coefficient (Wildman–Crippen LogP) is 4.49. The van der Waals surface area contributed by atoms with Gasteiger partial charge < -0.3 is 4.55 Å². The van der Waals surface area contributed by atoms with Crippen molar-refractivity contribution in [3.05, 3.63) is 34.9 Å². The third-order valence-electron chi connectivity index (χ3n) is 3.76. The fourth-order valence-corrected chi connectivity index (χ4v) is 3.61. The van der Waals surface area contributed by atoms with Crippen molar-refractivity contribution >= 4 is 11.4 Å². The van der Waals surface area contributed by atoms with E-state index in [1.807, 2.05) is 6.92 Å². The van der Waals surface area contributed by atoms with Crippen LogP contribution >= 0.6 is 0 Å². The molecule has 1 aliphatic rings. The number of halogens is 5. The Bertz CT molecular complexity index is 547. The molecule has 2 rings (SSSR count). The van der Waals surface area contributed by atoms with E-state index in [9.17, 15) is 26.5 Å². The molecule has 1 aromatic carbocycles. The third-order valence-corrected chi connectivity index (χ3v) is 4.94. The van der Waals surface area contributed by atoms with Crippen LogP contribution in [0.3, 0.4) is 0 Å². The Labute approximate surface area is 134 Å². The molecule has 2 atom stereocenters. The topological polar surface area (TPSA) is 35.1 Å². The molecular formula is C15H18F5NOS. The van der Waals surface area contributed by atoms with Crippen LogP contribution in [0.25, 0.3) is 0 Å². The van der Waals surface area contributed by atoms with E-state index in [0.717, 1.165) is 19.3 Å². The van der Waals surface area contributed by atoms with Crippen LogP contribution in [0, 0.1) is 17.6 Å². The minimum Gasteiger partial charge on any atom is -0.598 e. The minimum absolute atomic E-state index is 0.0359. The summed E-state index contributed by atoms with van der Waals surface area (Å²) in [5.41, 5.74) is -1.82. The van der Waals surface area contributed by atoms with E-state index >= 15 is 0 Å². The summed E-state index contributed by atoms with van der Waals surface area (Å²) in [5, 5.41) is 0. The number of rotatable bonds is 7. The summed E-state index contributed by atoms with van der Waals surface area (Å²) >= 11 is -1.43. The van der Waals surface area contributed by atoms with E-state index in [0.29, 0.717) is 18.2 Å². The lowest BCUT2D eigenvalue weighted by Crippen LogP contribution is -2.32. The smallest absolute Gasteiger partial charge is 0.419 e. The quantitative estimate of drug-likeness (QED) is 0.578. The molecule has 0 bridgehead atoms. The first kappa shape index (κ1) is 18.5. The first-order valence-corrected chi connectivity index (χ1v) is 8.76. The predicted molar refractivity (Wildman–Crippen MR) is 77.9 cm³/mol. The summed E-state index contributed by atoms with van der Waals surface area (Å²) in [6, 6.07) is 0.0199. The highest BCUT2D eigenvalue weighted by atomic mass is 32.2. The zero-order valence-corrected chi connectivity index (χ0v) is 13.4. The van der Waals surface area contributed by atoms with Crippen molar-refractivity contribution in [3.63, 3.8) is 0 Å². The largest absolute Gasteiger partial charge is 0.598 e. The SMILES string of the molecule is CCCC[S+]([O-])NC(c1cc(F)c(C(F)(F)F)cc1F)C1CC1. The second kappa shape index (κ2) is 7.36. The summed E-state index contributed by atoms with van der Waals surface area (Å²) < 4.78 is 80.3. The van der Waals surface area contributed by atoms with Crippen LogP contribution in [0.15, 0.2) is 12.1 Å². The van der Waals surface area contributed by atoms with E-state index in [2.05, 4.69) is 4.72 Å². The third kappa shape index (κ3) is 4.81. The maximum atomic E-state index is 14.1. The summed E-state index contributed by atoms with van der Waals surface area (Å²) in [7, 11) is 0. The summed E-state index contributed by atoms with van der Waals surface area (Å²) in [4.78, 5) is 0.